The van der Waals surface area contributed by atoms with Gasteiger partial charge in [-0.3, -0.25) is 4.79 Å². The van der Waals surface area contributed by atoms with Gasteiger partial charge in [-0.1, -0.05) is 6.07 Å². The van der Waals surface area contributed by atoms with Crippen LogP contribution in [0, 0.1) is 0 Å². The maximum atomic E-state index is 12.2. The molecule has 0 aliphatic carbocycles. The van der Waals surface area contributed by atoms with E-state index in [1.165, 1.54) is 0 Å². The van der Waals surface area contributed by atoms with Crippen LogP contribution < -0.4 is 15.0 Å². The highest BCUT2D eigenvalue weighted by Crippen LogP contribution is 2.25. The third-order valence-electron chi connectivity index (χ3n) is 4.60. The molecule has 1 N–H and O–H groups in total. The molecule has 0 bridgehead atoms. The van der Waals surface area contributed by atoms with Gasteiger partial charge in [0.15, 0.2) is 0 Å². The Bertz CT molecular complexity index is 930. The molecule has 3 aromatic rings. The van der Waals surface area contributed by atoms with Crippen molar-refractivity contribution in [2.45, 2.75) is 13.1 Å². The number of methoxy groups -OCH3 is 1. The number of hydrogen-bond acceptors (Lipinski definition) is 4. The van der Waals surface area contributed by atoms with Crippen molar-refractivity contribution in [3.63, 3.8) is 0 Å². The molecule has 4 rings (SSSR count). The van der Waals surface area contributed by atoms with Crippen molar-refractivity contribution in [3.05, 3.63) is 53.9 Å². The lowest BCUT2D eigenvalue weighted by Crippen LogP contribution is -2.25. The molecule has 6 heteroatoms. The number of imidazole rings is 1. The van der Waals surface area contributed by atoms with Crippen molar-refractivity contribution in [2.24, 2.45) is 0 Å². The van der Waals surface area contributed by atoms with Gasteiger partial charge in [0.05, 0.1) is 30.3 Å². The van der Waals surface area contributed by atoms with Gasteiger partial charge in [0.25, 0.3) is 5.91 Å². The van der Waals surface area contributed by atoms with E-state index in [1.807, 2.05) is 49.5 Å². The van der Waals surface area contributed by atoms with Crippen LogP contribution in [0.5, 0.6) is 5.75 Å². The lowest BCUT2D eigenvalue weighted by Gasteiger charge is -2.20. The number of hydrogen-bond donors (Lipinski definition) is 1. The Morgan fingerprint density at radius 2 is 2.04 bits per heavy atom. The molecule has 25 heavy (non-hydrogen) atoms. The number of nitrogens with zero attached hydrogens (tertiary/aromatic N) is 3. The summed E-state index contributed by atoms with van der Waals surface area (Å²) in [7, 11) is 3.70. The van der Waals surface area contributed by atoms with Gasteiger partial charge in [-0.25, -0.2) is 4.98 Å². The lowest BCUT2D eigenvalue weighted by molar-refractivity contribution is 0.0956. The molecule has 1 amide bonds. The minimum atomic E-state index is -0.0284. The highest BCUT2D eigenvalue weighted by Gasteiger charge is 2.21. The number of ether oxygens (including phenoxy) is 1. The lowest BCUT2D eigenvalue weighted by atomic mass is 10.2. The first-order valence-corrected chi connectivity index (χ1v) is 8.29. The maximum Gasteiger partial charge on any atom is 0.253 e. The Morgan fingerprint density at radius 3 is 2.80 bits per heavy atom. The van der Waals surface area contributed by atoms with E-state index in [2.05, 4.69) is 14.8 Å². The topological polar surface area (TPSA) is 59.4 Å². The minimum Gasteiger partial charge on any atom is -0.497 e. The first kappa shape index (κ1) is 15.5. The molecule has 1 aromatic heterocycles. The smallest absolute Gasteiger partial charge is 0.253 e. The van der Waals surface area contributed by atoms with Crippen molar-refractivity contribution >= 4 is 22.6 Å². The van der Waals surface area contributed by atoms with Gasteiger partial charge in [-0.15, -0.1) is 0 Å². The summed E-state index contributed by atoms with van der Waals surface area (Å²) in [4.78, 5) is 19.1. The van der Waals surface area contributed by atoms with Crippen LogP contribution in [0.2, 0.25) is 0 Å². The Balaban J connectivity index is 1.70. The predicted octanol–water partition coefficient (Wildman–Crippen LogP) is 2.42. The van der Waals surface area contributed by atoms with Gasteiger partial charge in [-0.2, -0.15) is 0 Å². The monoisotopic (exact) mass is 336 g/mol. The second kappa shape index (κ2) is 6.12. The zero-order chi connectivity index (χ0) is 17.4. The number of rotatable bonds is 4. The third kappa shape index (κ3) is 2.69. The Morgan fingerprint density at radius 1 is 1.24 bits per heavy atom. The Hall–Kier alpha value is -3.02. The van der Waals surface area contributed by atoms with Crippen molar-refractivity contribution in [3.8, 4) is 5.75 Å². The molecule has 0 saturated heterocycles. The molecule has 0 saturated carbocycles. The number of para-hydroxylation sites is 1. The molecule has 128 valence electrons. The summed E-state index contributed by atoms with van der Waals surface area (Å²) < 4.78 is 7.37. The molecule has 0 spiro atoms. The van der Waals surface area contributed by atoms with Gasteiger partial charge in [0, 0.05) is 25.8 Å². The van der Waals surface area contributed by atoms with Crippen LogP contribution in [0.4, 0.5) is 5.69 Å². The number of nitrogens with one attached hydrogen (secondary N) is 1. The van der Waals surface area contributed by atoms with Crippen LogP contribution in [0.1, 0.15) is 16.2 Å². The number of amides is 1. The molecular weight excluding hydrogens is 316 g/mol. The van der Waals surface area contributed by atoms with Crippen LogP contribution in [0.3, 0.4) is 0 Å². The van der Waals surface area contributed by atoms with E-state index in [1.54, 1.807) is 7.11 Å². The second-order valence-corrected chi connectivity index (χ2v) is 6.16. The van der Waals surface area contributed by atoms with Crippen LogP contribution in [0.25, 0.3) is 11.0 Å². The molecular formula is C19H20N4O2. The van der Waals surface area contributed by atoms with E-state index in [4.69, 9.17) is 9.72 Å². The highest BCUT2D eigenvalue weighted by atomic mass is 16.5. The molecule has 6 nitrogen and oxygen atoms in total. The van der Waals surface area contributed by atoms with E-state index in [0.717, 1.165) is 34.8 Å². The Labute approximate surface area is 146 Å². The summed E-state index contributed by atoms with van der Waals surface area (Å²) in [6.45, 7) is 2.00. The van der Waals surface area contributed by atoms with Gasteiger partial charge in [0.1, 0.15) is 11.6 Å². The molecule has 1 aliphatic heterocycles. The molecule has 0 radical (unpaired) electrons. The summed E-state index contributed by atoms with van der Waals surface area (Å²) in [6, 6.07) is 13.7. The fourth-order valence-corrected chi connectivity index (χ4v) is 3.30. The first-order valence-electron chi connectivity index (χ1n) is 8.29. The highest BCUT2D eigenvalue weighted by molar-refractivity contribution is 6.05. The summed E-state index contributed by atoms with van der Waals surface area (Å²) in [5.74, 6) is 1.76. The standard InChI is InChI=1S/C19H20N4O2/c1-22(13-6-8-14(25-2)9-7-13)12-17-21-16-5-3-4-15-18(16)23(17)11-10-20-19(15)24/h3-9H,10-12H2,1-2H3,(H,20,24). The fraction of sp³-hybridized carbons (Fsp3) is 0.263. The number of benzene rings is 2. The number of anilines is 1. The summed E-state index contributed by atoms with van der Waals surface area (Å²) >= 11 is 0. The first-order chi connectivity index (χ1) is 12.2. The quantitative estimate of drug-likeness (QED) is 0.795. The predicted molar refractivity (Wildman–Crippen MR) is 97.2 cm³/mol. The largest absolute Gasteiger partial charge is 0.497 e. The average molecular weight is 336 g/mol. The Kier molecular flexibility index (Phi) is 3.80. The molecule has 0 fully saturated rings. The summed E-state index contributed by atoms with van der Waals surface area (Å²) in [6.07, 6.45) is 0. The molecule has 0 unspecified atom stereocenters. The van der Waals surface area contributed by atoms with Crippen LogP contribution >= 0.6 is 0 Å². The number of carbonyl (C=O) groups excluding carboxylic acids is 1. The second-order valence-electron chi connectivity index (χ2n) is 6.16. The van der Waals surface area contributed by atoms with Gasteiger partial charge < -0.3 is 19.5 Å². The number of aromatic nitrogens is 2. The van der Waals surface area contributed by atoms with Crippen LogP contribution in [0.15, 0.2) is 42.5 Å². The zero-order valence-corrected chi connectivity index (χ0v) is 14.3. The summed E-state index contributed by atoms with van der Waals surface area (Å²) in [5.41, 5.74) is 3.58. The van der Waals surface area contributed by atoms with Crippen molar-refractivity contribution in [2.75, 3.05) is 25.6 Å². The van der Waals surface area contributed by atoms with Crippen molar-refractivity contribution in [1.29, 1.82) is 0 Å². The van der Waals surface area contributed by atoms with Crippen molar-refractivity contribution in [1.82, 2.24) is 14.9 Å². The third-order valence-corrected chi connectivity index (χ3v) is 4.60. The minimum absolute atomic E-state index is 0.0284. The van der Waals surface area contributed by atoms with Crippen molar-refractivity contribution < 1.29 is 9.53 Å². The van der Waals surface area contributed by atoms with Crippen LogP contribution in [-0.2, 0) is 13.1 Å². The van der Waals surface area contributed by atoms with E-state index < -0.39 is 0 Å². The van der Waals surface area contributed by atoms with E-state index in [-0.39, 0.29) is 5.91 Å². The summed E-state index contributed by atoms with van der Waals surface area (Å²) in [5, 5.41) is 2.95. The molecule has 0 atom stereocenters. The van der Waals surface area contributed by atoms with Gasteiger partial charge >= 0.3 is 0 Å². The molecule has 2 aromatic carbocycles. The SMILES string of the molecule is COc1ccc(N(C)Cc2nc3cccc4c3n2CCNC4=O)cc1. The van der Waals surface area contributed by atoms with Crippen LogP contribution in [-0.4, -0.2) is 36.2 Å². The van der Waals surface area contributed by atoms with Gasteiger partial charge in [0.2, 0.25) is 0 Å². The van der Waals surface area contributed by atoms with E-state index >= 15 is 0 Å². The average Bonchev–Trinajstić information content (AvgIpc) is 2.88. The van der Waals surface area contributed by atoms with E-state index in [9.17, 15) is 4.79 Å². The van der Waals surface area contributed by atoms with E-state index in [0.29, 0.717) is 18.7 Å². The zero-order valence-electron chi connectivity index (χ0n) is 14.3. The number of carbonyl (C=O) groups is 1. The fourth-order valence-electron chi connectivity index (χ4n) is 3.30. The maximum absolute atomic E-state index is 12.2. The normalized spacial score (nSPS) is 13.4. The molecule has 2 heterocycles. The van der Waals surface area contributed by atoms with Gasteiger partial charge in [-0.05, 0) is 36.4 Å². The molecule has 1 aliphatic rings.